The SMILES string of the molecule is O=C(O[C@@H]1CC(=O)N(CCc2ccccc2)C1=O)c1ccc(C(F)(F)F)cc1. The number of alkyl halides is 3. The van der Waals surface area contributed by atoms with Gasteiger partial charge >= 0.3 is 12.1 Å². The molecule has 0 radical (unpaired) electrons. The van der Waals surface area contributed by atoms with Crippen LogP contribution in [-0.2, 0) is 26.9 Å². The van der Waals surface area contributed by atoms with Crippen molar-refractivity contribution in [3.8, 4) is 0 Å². The molecule has 0 N–H and O–H groups in total. The summed E-state index contributed by atoms with van der Waals surface area (Å²) in [7, 11) is 0. The molecule has 0 aromatic heterocycles. The van der Waals surface area contributed by atoms with Crippen LogP contribution in [0.2, 0.25) is 0 Å². The van der Waals surface area contributed by atoms with E-state index in [0.29, 0.717) is 6.42 Å². The second-order valence-corrected chi connectivity index (χ2v) is 6.29. The van der Waals surface area contributed by atoms with Crippen LogP contribution in [-0.4, -0.2) is 35.3 Å². The topological polar surface area (TPSA) is 63.7 Å². The molecule has 0 aliphatic carbocycles. The molecule has 28 heavy (non-hydrogen) atoms. The van der Waals surface area contributed by atoms with Crippen molar-refractivity contribution in [3.05, 3.63) is 71.3 Å². The molecule has 146 valence electrons. The highest BCUT2D eigenvalue weighted by Gasteiger charge is 2.41. The smallest absolute Gasteiger partial charge is 0.416 e. The van der Waals surface area contributed by atoms with E-state index in [1.165, 1.54) is 0 Å². The molecule has 2 aromatic carbocycles. The van der Waals surface area contributed by atoms with Gasteiger partial charge in [-0.2, -0.15) is 13.2 Å². The lowest BCUT2D eigenvalue weighted by atomic mass is 10.1. The fourth-order valence-electron chi connectivity index (χ4n) is 2.86. The molecule has 0 bridgehead atoms. The predicted octanol–water partition coefficient (Wildman–Crippen LogP) is 3.23. The Morgan fingerprint density at radius 3 is 2.29 bits per heavy atom. The molecule has 0 spiro atoms. The van der Waals surface area contributed by atoms with Crippen molar-refractivity contribution in [2.75, 3.05) is 6.54 Å². The second-order valence-electron chi connectivity index (χ2n) is 6.29. The van der Waals surface area contributed by atoms with Crippen LogP contribution in [0.1, 0.15) is 27.9 Å². The second kappa shape index (κ2) is 7.84. The Labute approximate surface area is 158 Å². The lowest BCUT2D eigenvalue weighted by Crippen LogP contribution is -2.35. The van der Waals surface area contributed by atoms with Crippen molar-refractivity contribution in [3.63, 3.8) is 0 Å². The fourth-order valence-corrected chi connectivity index (χ4v) is 2.86. The fraction of sp³-hybridized carbons (Fsp3) is 0.250. The third-order valence-corrected chi connectivity index (χ3v) is 4.37. The molecule has 5 nitrogen and oxygen atoms in total. The minimum atomic E-state index is -4.52. The number of ether oxygens (including phenoxy) is 1. The van der Waals surface area contributed by atoms with Gasteiger partial charge in [0.25, 0.3) is 5.91 Å². The molecule has 2 aromatic rings. The number of carbonyl (C=O) groups is 3. The number of imide groups is 1. The van der Waals surface area contributed by atoms with Gasteiger partial charge in [-0.1, -0.05) is 30.3 Å². The molecule has 1 atom stereocenters. The normalized spacial score (nSPS) is 17.1. The lowest BCUT2D eigenvalue weighted by Gasteiger charge is -2.15. The van der Waals surface area contributed by atoms with E-state index < -0.39 is 35.6 Å². The van der Waals surface area contributed by atoms with E-state index in [0.717, 1.165) is 34.7 Å². The molecule has 1 saturated heterocycles. The highest BCUT2D eigenvalue weighted by Crippen LogP contribution is 2.29. The van der Waals surface area contributed by atoms with Crippen LogP contribution in [0.4, 0.5) is 13.2 Å². The lowest BCUT2D eigenvalue weighted by molar-refractivity contribution is -0.141. The van der Waals surface area contributed by atoms with Crippen molar-refractivity contribution in [2.24, 2.45) is 0 Å². The van der Waals surface area contributed by atoms with Gasteiger partial charge in [-0.25, -0.2) is 4.79 Å². The number of esters is 1. The number of nitrogens with zero attached hydrogens (tertiary/aromatic N) is 1. The van der Waals surface area contributed by atoms with Crippen LogP contribution >= 0.6 is 0 Å². The van der Waals surface area contributed by atoms with E-state index >= 15 is 0 Å². The van der Waals surface area contributed by atoms with Crippen molar-refractivity contribution in [1.29, 1.82) is 0 Å². The Bertz CT molecular complexity index is 879. The number of rotatable bonds is 5. The summed E-state index contributed by atoms with van der Waals surface area (Å²) in [5.41, 5.74) is -0.0764. The number of hydrogen-bond acceptors (Lipinski definition) is 4. The minimum absolute atomic E-state index is 0.129. The van der Waals surface area contributed by atoms with Crippen LogP contribution in [0.25, 0.3) is 0 Å². The number of benzene rings is 2. The highest BCUT2D eigenvalue weighted by atomic mass is 19.4. The van der Waals surface area contributed by atoms with Gasteiger partial charge in [0.1, 0.15) is 0 Å². The predicted molar refractivity (Wildman–Crippen MR) is 92.1 cm³/mol. The Morgan fingerprint density at radius 2 is 1.68 bits per heavy atom. The molecular weight excluding hydrogens is 375 g/mol. The molecule has 8 heteroatoms. The van der Waals surface area contributed by atoms with Crippen LogP contribution in [0, 0.1) is 0 Å². The van der Waals surface area contributed by atoms with Crippen LogP contribution < -0.4 is 0 Å². The first-order valence-electron chi connectivity index (χ1n) is 8.52. The summed E-state index contributed by atoms with van der Waals surface area (Å²) in [5.74, 6) is -2.03. The van der Waals surface area contributed by atoms with Gasteiger partial charge in [-0.15, -0.1) is 0 Å². The zero-order chi connectivity index (χ0) is 20.3. The number of halogens is 3. The number of hydrogen-bond donors (Lipinski definition) is 0. The largest absolute Gasteiger partial charge is 0.448 e. The van der Waals surface area contributed by atoms with Gasteiger partial charge in [0.05, 0.1) is 17.5 Å². The number of carbonyl (C=O) groups excluding carboxylic acids is 3. The maximum absolute atomic E-state index is 12.6. The average molecular weight is 391 g/mol. The van der Waals surface area contributed by atoms with Gasteiger partial charge in [0, 0.05) is 6.54 Å². The highest BCUT2D eigenvalue weighted by molar-refractivity contribution is 6.06. The Balaban J connectivity index is 1.60. The van der Waals surface area contributed by atoms with Crippen molar-refractivity contribution in [1.82, 2.24) is 4.90 Å². The minimum Gasteiger partial charge on any atom is -0.448 e. The van der Waals surface area contributed by atoms with Gasteiger partial charge in [0.2, 0.25) is 5.91 Å². The zero-order valence-electron chi connectivity index (χ0n) is 14.6. The van der Waals surface area contributed by atoms with Gasteiger partial charge in [0.15, 0.2) is 6.10 Å². The summed E-state index contributed by atoms with van der Waals surface area (Å²) < 4.78 is 42.8. The zero-order valence-corrected chi connectivity index (χ0v) is 14.6. The third-order valence-electron chi connectivity index (χ3n) is 4.37. The summed E-state index contributed by atoms with van der Waals surface area (Å²) in [6, 6.07) is 12.7. The molecule has 1 heterocycles. The first-order valence-corrected chi connectivity index (χ1v) is 8.52. The van der Waals surface area contributed by atoms with E-state index in [2.05, 4.69) is 0 Å². The molecule has 1 aliphatic heterocycles. The summed E-state index contributed by atoms with van der Waals surface area (Å²) in [5, 5.41) is 0. The van der Waals surface area contributed by atoms with Crippen molar-refractivity contribution >= 4 is 17.8 Å². The monoisotopic (exact) mass is 391 g/mol. The third kappa shape index (κ3) is 4.39. The van der Waals surface area contributed by atoms with E-state index in [-0.39, 0.29) is 18.5 Å². The maximum Gasteiger partial charge on any atom is 0.416 e. The van der Waals surface area contributed by atoms with E-state index in [4.69, 9.17) is 4.74 Å². The maximum atomic E-state index is 12.6. The van der Waals surface area contributed by atoms with Crippen LogP contribution in [0.5, 0.6) is 0 Å². The number of amides is 2. The molecular formula is C20H16F3NO4. The average Bonchev–Trinajstić information content (AvgIpc) is 2.93. The molecule has 0 unspecified atom stereocenters. The Morgan fingerprint density at radius 1 is 1.04 bits per heavy atom. The molecule has 1 aliphatic rings. The number of likely N-dealkylation sites (tertiary alicyclic amines) is 1. The first-order chi connectivity index (χ1) is 13.3. The van der Waals surface area contributed by atoms with Crippen LogP contribution in [0.15, 0.2) is 54.6 Å². The van der Waals surface area contributed by atoms with E-state index in [9.17, 15) is 27.6 Å². The van der Waals surface area contributed by atoms with E-state index in [1.807, 2.05) is 30.3 Å². The molecule has 3 rings (SSSR count). The molecule has 1 fully saturated rings. The summed E-state index contributed by atoms with van der Waals surface area (Å²) in [6.45, 7) is 0.163. The van der Waals surface area contributed by atoms with Gasteiger partial charge in [-0.3, -0.25) is 14.5 Å². The summed E-state index contributed by atoms with van der Waals surface area (Å²) in [4.78, 5) is 37.6. The van der Waals surface area contributed by atoms with Crippen molar-refractivity contribution < 1.29 is 32.3 Å². The van der Waals surface area contributed by atoms with E-state index in [1.54, 1.807) is 0 Å². The summed E-state index contributed by atoms with van der Waals surface area (Å²) >= 11 is 0. The Kier molecular flexibility index (Phi) is 5.48. The van der Waals surface area contributed by atoms with Crippen molar-refractivity contribution in [2.45, 2.75) is 25.1 Å². The standard InChI is InChI=1S/C20H16F3NO4/c21-20(22,23)15-8-6-14(7-9-15)19(27)28-16-12-17(25)24(18(16)26)11-10-13-4-2-1-3-5-13/h1-9,16H,10-12H2/t16-/m1/s1. The Hall–Kier alpha value is -3.16. The molecule has 0 saturated carbocycles. The quantitative estimate of drug-likeness (QED) is 0.580. The summed E-state index contributed by atoms with van der Waals surface area (Å²) in [6.07, 6.45) is -5.59. The van der Waals surface area contributed by atoms with Gasteiger partial charge in [-0.05, 0) is 36.2 Å². The molecule has 2 amide bonds. The van der Waals surface area contributed by atoms with Crippen LogP contribution in [0.3, 0.4) is 0 Å². The van der Waals surface area contributed by atoms with Gasteiger partial charge < -0.3 is 4.74 Å². The first kappa shape index (κ1) is 19.6.